The number of aromatic nitrogens is 1. The van der Waals surface area contributed by atoms with E-state index in [1.165, 1.54) is 19.1 Å². The molecule has 1 aromatic heterocycles. The van der Waals surface area contributed by atoms with Crippen LogP contribution in [0.1, 0.15) is 27.8 Å². The van der Waals surface area contributed by atoms with E-state index in [1.54, 1.807) is 0 Å². The first kappa shape index (κ1) is 8.39. The zero-order chi connectivity index (χ0) is 9.14. The summed E-state index contributed by atoms with van der Waals surface area (Å²) >= 11 is 0. The van der Waals surface area contributed by atoms with Crippen LogP contribution in [0.15, 0.2) is 12.1 Å². The molecule has 1 heterocycles. The minimum Gasteiger partial charge on any atom is -0.383 e. The number of aldehydes is 1. The average Bonchev–Trinajstić information content (AvgIpc) is 2.04. The maximum atomic E-state index is 10.8. The molecule has 0 spiro atoms. The lowest BCUT2D eigenvalue weighted by Crippen LogP contribution is -2.03. The summed E-state index contributed by atoms with van der Waals surface area (Å²) in [5.41, 5.74) is 5.96. The predicted molar refractivity (Wildman–Crippen MR) is 44.0 cm³/mol. The first-order valence-corrected chi connectivity index (χ1v) is 3.38. The SMILES string of the molecule is CC(=O)c1ccc(C=O)c(N)n1. The Morgan fingerprint density at radius 2 is 2.25 bits per heavy atom. The molecule has 0 saturated carbocycles. The van der Waals surface area contributed by atoms with Crippen LogP contribution in [-0.2, 0) is 0 Å². The van der Waals surface area contributed by atoms with Crippen molar-refractivity contribution in [3.8, 4) is 0 Å². The van der Waals surface area contributed by atoms with Gasteiger partial charge in [0.1, 0.15) is 11.5 Å². The Morgan fingerprint density at radius 3 is 2.67 bits per heavy atom. The van der Waals surface area contributed by atoms with Crippen LogP contribution in [-0.4, -0.2) is 17.1 Å². The van der Waals surface area contributed by atoms with Crippen molar-refractivity contribution in [1.82, 2.24) is 4.98 Å². The van der Waals surface area contributed by atoms with Gasteiger partial charge >= 0.3 is 0 Å². The number of hydrogen-bond donors (Lipinski definition) is 1. The highest BCUT2D eigenvalue weighted by atomic mass is 16.1. The van der Waals surface area contributed by atoms with E-state index >= 15 is 0 Å². The van der Waals surface area contributed by atoms with Gasteiger partial charge in [0.15, 0.2) is 12.1 Å². The molecule has 0 amide bonds. The predicted octanol–water partition coefficient (Wildman–Crippen LogP) is 0.679. The lowest BCUT2D eigenvalue weighted by Gasteiger charge is -1.98. The van der Waals surface area contributed by atoms with Gasteiger partial charge < -0.3 is 5.73 Å². The van der Waals surface area contributed by atoms with Crippen molar-refractivity contribution in [2.24, 2.45) is 0 Å². The zero-order valence-corrected chi connectivity index (χ0v) is 6.57. The number of Topliss-reactive ketones (excluding diaryl/α,β-unsaturated/α-hetero) is 1. The highest BCUT2D eigenvalue weighted by molar-refractivity contribution is 5.93. The maximum Gasteiger partial charge on any atom is 0.178 e. The molecule has 4 nitrogen and oxygen atoms in total. The summed E-state index contributed by atoms with van der Waals surface area (Å²) in [5, 5.41) is 0. The first-order valence-electron chi connectivity index (χ1n) is 3.38. The van der Waals surface area contributed by atoms with Crippen molar-refractivity contribution in [1.29, 1.82) is 0 Å². The fraction of sp³-hybridized carbons (Fsp3) is 0.125. The van der Waals surface area contributed by atoms with Gasteiger partial charge in [-0.25, -0.2) is 4.98 Å². The molecule has 1 aromatic rings. The molecule has 0 aliphatic carbocycles. The molecule has 4 heteroatoms. The van der Waals surface area contributed by atoms with E-state index in [2.05, 4.69) is 4.98 Å². The summed E-state index contributed by atoms with van der Waals surface area (Å²) < 4.78 is 0. The van der Waals surface area contributed by atoms with Crippen LogP contribution in [0.25, 0.3) is 0 Å². The van der Waals surface area contributed by atoms with Gasteiger partial charge in [0.2, 0.25) is 0 Å². The fourth-order valence-corrected chi connectivity index (χ4v) is 0.781. The summed E-state index contributed by atoms with van der Waals surface area (Å²) in [6.45, 7) is 1.39. The van der Waals surface area contributed by atoms with E-state index in [-0.39, 0.29) is 17.3 Å². The molecule has 0 atom stereocenters. The lowest BCUT2D eigenvalue weighted by molar-refractivity contribution is 0.101. The van der Waals surface area contributed by atoms with Crippen LogP contribution in [0.4, 0.5) is 5.82 Å². The molecular formula is C8H8N2O2. The van der Waals surface area contributed by atoms with Gasteiger partial charge in [-0.2, -0.15) is 0 Å². The third kappa shape index (κ3) is 1.47. The fourth-order valence-electron chi connectivity index (χ4n) is 0.781. The van der Waals surface area contributed by atoms with Crippen molar-refractivity contribution in [3.05, 3.63) is 23.4 Å². The number of carbonyl (C=O) groups is 2. The molecule has 0 aliphatic rings. The first-order chi connectivity index (χ1) is 5.65. The standard InChI is InChI=1S/C8H8N2O2/c1-5(12)7-3-2-6(4-11)8(9)10-7/h2-4H,1H3,(H2,9,10). The molecule has 0 bridgehead atoms. The van der Waals surface area contributed by atoms with Gasteiger partial charge in [-0.1, -0.05) is 0 Å². The number of carbonyl (C=O) groups excluding carboxylic acids is 2. The van der Waals surface area contributed by atoms with E-state index in [9.17, 15) is 9.59 Å². The van der Waals surface area contributed by atoms with Crippen LogP contribution in [0.5, 0.6) is 0 Å². The second-order valence-electron chi connectivity index (χ2n) is 2.34. The van der Waals surface area contributed by atoms with E-state index in [4.69, 9.17) is 5.73 Å². The van der Waals surface area contributed by atoms with Crippen molar-refractivity contribution in [2.45, 2.75) is 6.92 Å². The Morgan fingerprint density at radius 1 is 1.58 bits per heavy atom. The van der Waals surface area contributed by atoms with Crippen LogP contribution < -0.4 is 5.73 Å². The number of nitrogens with two attached hydrogens (primary N) is 1. The molecule has 2 N–H and O–H groups in total. The summed E-state index contributed by atoms with van der Waals surface area (Å²) in [6, 6.07) is 2.95. The minimum atomic E-state index is -0.167. The topological polar surface area (TPSA) is 73.0 Å². The van der Waals surface area contributed by atoms with Gasteiger partial charge in [0.05, 0.1) is 5.56 Å². The van der Waals surface area contributed by atoms with Gasteiger partial charge in [-0.3, -0.25) is 9.59 Å². The molecule has 62 valence electrons. The average molecular weight is 164 g/mol. The van der Waals surface area contributed by atoms with Gasteiger partial charge in [0, 0.05) is 6.92 Å². The van der Waals surface area contributed by atoms with E-state index in [0.29, 0.717) is 11.8 Å². The van der Waals surface area contributed by atoms with Gasteiger partial charge in [-0.15, -0.1) is 0 Å². The smallest absolute Gasteiger partial charge is 0.178 e. The quantitative estimate of drug-likeness (QED) is 0.515. The zero-order valence-electron chi connectivity index (χ0n) is 6.57. The van der Waals surface area contributed by atoms with E-state index in [1.807, 2.05) is 0 Å². The summed E-state index contributed by atoms with van der Waals surface area (Å²) in [7, 11) is 0. The minimum absolute atomic E-state index is 0.0951. The molecule has 0 fully saturated rings. The molecule has 0 aliphatic heterocycles. The number of pyridine rings is 1. The maximum absolute atomic E-state index is 10.8. The third-order valence-corrected chi connectivity index (χ3v) is 1.45. The largest absolute Gasteiger partial charge is 0.383 e. The highest BCUT2D eigenvalue weighted by Crippen LogP contribution is 2.07. The number of anilines is 1. The third-order valence-electron chi connectivity index (χ3n) is 1.45. The summed E-state index contributed by atoms with van der Waals surface area (Å²) in [6.07, 6.45) is 0.603. The van der Waals surface area contributed by atoms with E-state index < -0.39 is 0 Å². The van der Waals surface area contributed by atoms with Crippen molar-refractivity contribution < 1.29 is 9.59 Å². The number of rotatable bonds is 2. The Labute approximate surface area is 69.4 Å². The number of ketones is 1. The van der Waals surface area contributed by atoms with Crippen LogP contribution in [0.3, 0.4) is 0 Å². The second-order valence-corrected chi connectivity index (χ2v) is 2.34. The number of nitrogen functional groups attached to an aromatic ring is 1. The Bertz CT molecular complexity index is 334. The molecule has 0 saturated heterocycles. The van der Waals surface area contributed by atoms with Crippen molar-refractivity contribution >= 4 is 17.9 Å². The Kier molecular flexibility index (Phi) is 2.19. The van der Waals surface area contributed by atoms with Crippen LogP contribution in [0.2, 0.25) is 0 Å². The number of hydrogen-bond acceptors (Lipinski definition) is 4. The summed E-state index contributed by atoms with van der Waals surface area (Å²) in [5.74, 6) is -0.0724. The second kappa shape index (κ2) is 3.13. The lowest BCUT2D eigenvalue weighted by atomic mass is 10.2. The molecule has 12 heavy (non-hydrogen) atoms. The monoisotopic (exact) mass is 164 g/mol. The molecular weight excluding hydrogens is 156 g/mol. The molecule has 0 aromatic carbocycles. The van der Waals surface area contributed by atoms with Crippen LogP contribution in [0, 0.1) is 0 Å². The molecule has 1 rings (SSSR count). The van der Waals surface area contributed by atoms with Crippen molar-refractivity contribution in [2.75, 3.05) is 5.73 Å². The molecule has 0 unspecified atom stereocenters. The Hall–Kier alpha value is -1.71. The normalized spacial score (nSPS) is 9.42. The summed E-state index contributed by atoms with van der Waals surface area (Å²) in [4.78, 5) is 24.8. The van der Waals surface area contributed by atoms with Gasteiger partial charge in [-0.05, 0) is 12.1 Å². The van der Waals surface area contributed by atoms with Crippen LogP contribution >= 0.6 is 0 Å². The van der Waals surface area contributed by atoms with E-state index in [0.717, 1.165) is 0 Å². The highest BCUT2D eigenvalue weighted by Gasteiger charge is 2.04. The Balaban J connectivity index is 3.18. The number of nitrogens with zero attached hydrogens (tertiary/aromatic N) is 1. The van der Waals surface area contributed by atoms with Crippen molar-refractivity contribution in [3.63, 3.8) is 0 Å². The van der Waals surface area contributed by atoms with Gasteiger partial charge in [0.25, 0.3) is 0 Å². The molecule has 0 radical (unpaired) electrons.